The summed E-state index contributed by atoms with van der Waals surface area (Å²) in [6, 6.07) is 3.43. The van der Waals surface area contributed by atoms with Gasteiger partial charge in [-0.25, -0.2) is 0 Å². The van der Waals surface area contributed by atoms with Crippen molar-refractivity contribution in [3.63, 3.8) is 0 Å². The van der Waals surface area contributed by atoms with Crippen LogP contribution < -0.4 is 5.32 Å². The Balaban J connectivity index is 2.66. The molecule has 0 heterocycles. The molecule has 0 aliphatic heterocycles. The summed E-state index contributed by atoms with van der Waals surface area (Å²) in [7, 11) is 0. The topological polar surface area (TPSA) is 72.2 Å². The van der Waals surface area contributed by atoms with E-state index >= 15 is 0 Å². The zero-order valence-corrected chi connectivity index (χ0v) is 11.3. The number of nitrogens with zero attached hydrogens (tertiary/aromatic N) is 1. The number of nitro groups is 1. The van der Waals surface area contributed by atoms with E-state index in [1.165, 1.54) is 6.07 Å². The van der Waals surface area contributed by atoms with Crippen LogP contribution in [0.4, 0.5) is 18.9 Å². The lowest BCUT2D eigenvalue weighted by Crippen LogP contribution is -2.27. The summed E-state index contributed by atoms with van der Waals surface area (Å²) < 4.78 is 35.6. The molecular formula is C10H8ClF3N2O3S. The first kappa shape index (κ1) is 16.6. The van der Waals surface area contributed by atoms with Gasteiger partial charge in [0.1, 0.15) is 5.56 Å². The van der Waals surface area contributed by atoms with E-state index in [-0.39, 0.29) is 34.6 Å². The Morgan fingerprint density at radius 1 is 1.45 bits per heavy atom. The van der Waals surface area contributed by atoms with Crippen LogP contribution in [0.3, 0.4) is 0 Å². The standard InChI is InChI=1S/C10H8ClF3N2O3S/c11-6-1-2-7(8(5-6)16(18)19)9(17)15-3-4-20-10(12,13)14/h1-2,5H,3-4H2,(H,15,17). The molecule has 0 saturated heterocycles. The summed E-state index contributed by atoms with van der Waals surface area (Å²) in [5, 5.41) is 13.0. The molecule has 0 aliphatic carbocycles. The van der Waals surface area contributed by atoms with Gasteiger partial charge in [-0.05, 0) is 23.9 Å². The fourth-order valence-corrected chi connectivity index (χ4v) is 1.88. The predicted octanol–water partition coefficient (Wildman–Crippen LogP) is 3.23. The highest BCUT2D eigenvalue weighted by molar-refractivity contribution is 8.00. The lowest BCUT2D eigenvalue weighted by Gasteiger charge is -2.07. The first-order chi connectivity index (χ1) is 9.20. The molecule has 5 nitrogen and oxygen atoms in total. The Bertz CT molecular complexity index is 525. The largest absolute Gasteiger partial charge is 0.441 e. The van der Waals surface area contributed by atoms with Gasteiger partial charge in [0.25, 0.3) is 11.6 Å². The molecule has 0 spiro atoms. The van der Waals surface area contributed by atoms with E-state index in [1.54, 1.807) is 0 Å². The van der Waals surface area contributed by atoms with Crippen LogP contribution in [0.25, 0.3) is 0 Å². The fraction of sp³-hybridized carbons (Fsp3) is 0.300. The minimum absolute atomic E-state index is 0.0841. The van der Waals surface area contributed by atoms with Gasteiger partial charge in [0.15, 0.2) is 0 Å². The Morgan fingerprint density at radius 2 is 2.10 bits per heavy atom. The monoisotopic (exact) mass is 328 g/mol. The van der Waals surface area contributed by atoms with Crippen molar-refractivity contribution in [3.05, 3.63) is 38.9 Å². The molecule has 0 aromatic heterocycles. The SMILES string of the molecule is O=C(NCCSC(F)(F)F)c1ccc(Cl)cc1[N+](=O)[O-]. The quantitative estimate of drug-likeness (QED) is 0.511. The molecule has 1 aromatic rings. The molecule has 0 saturated carbocycles. The number of carbonyl (C=O) groups excluding carboxylic acids is 1. The van der Waals surface area contributed by atoms with E-state index in [9.17, 15) is 28.1 Å². The second-order valence-corrected chi connectivity index (χ2v) is 5.06. The number of amides is 1. The number of nitro benzene ring substituents is 1. The molecule has 0 atom stereocenters. The molecule has 0 fully saturated rings. The molecule has 1 aromatic carbocycles. The number of rotatable bonds is 5. The number of nitrogens with one attached hydrogen (secondary N) is 1. The van der Waals surface area contributed by atoms with Gasteiger partial charge in [-0.1, -0.05) is 11.6 Å². The van der Waals surface area contributed by atoms with Crippen molar-refractivity contribution < 1.29 is 22.9 Å². The predicted molar refractivity (Wildman–Crippen MR) is 69.0 cm³/mol. The maximum absolute atomic E-state index is 11.9. The zero-order valence-electron chi connectivity index (χ0n) is 9.74. The van der Waals surface area contributed by atoms with Crippen LogP contribution in [0.2, 0.25) is 5.02 Å². The average molecular weight is 329 g/mol. The molecule has 20 heavy (non-hydrogen) atoms. The summed E-state index contributed by atoms with van der Waals surface area (Å²) in [6.45, 7) is -0.261. The van der Waals surface area contributed by atoms with Crippen LogP contribution >= 0.6 is 23.4 Å². The van der Waals surface area contributed by atoms with Crippen LogP contribution in [-0.2, 0) is 0 Å². The Hall–Kier alpha value is -1.48. The summed E-state index contributed by atoms with van der Waals surface area (Å²) in [6.07, 6.45) is 0. The van der Waals surface area contributed by atoms with Gasteiger partial charge in [0, 0.05) is 23.4 Å². The maximum Gasteiger partial charge on any atom is 0.441 e. The molecule has 0 aliphatic rings. The number of alkyl halides is 3. The van der Waals surface area contributed by atoms with Gasteiger partial charge >= 0.3 is 5.51 Å². The van der Waals surface area contributed by atoms with E-state index < -0.39 is 22.0 Å². The number of carbonyl (C=O) groups is 1. The van der Waals surface area contributed by atoms with Gasteiger partial charge in [-0.2, -0.15) is 13.2 Å². The number of halogens is 4. The van der Waals surface area contributed by atoms with Crippen molar-refractivity contribution in [3.8, 4) is 0 Å². The molecule has 0 bridgehead atoms. The lowest BCUT2D eigenvalue weighted by atomic mass is 10.1. The third-order valence-electron chi connectivity index (χ3n) is 2.05. The summed E-state index contributed by atoms with van der Waals surface area (Å²) in [4.78, 5) is 21.6. The number of hydrogen-bond acceptors (Lipinski definition) is 4. The highest BCUT2D eigenvalue weighted by Gasteiger charge is 2.27. The van der Waals surface area contributed by atoms with Crippen molar-refractivity contribution in [2.45, 2.75) is 5.51 Å². The third-order valence-corrected chi connectivity index (χ3v) is 3.03. The maximum atomic E-state index is 11.9. The second kappa shape index (κ2) is 6.80. The smallest absolute Gasteiger partial charge is 0.351 e. The summed E-state index contributed by atoms with van der Waals surface area (Å²) in [5.74, 6) is -1.20. The normalized spacial score (nSPS) is 11.2. The van der Waals surface area contributed by atoms with Gasteiger partial charge in [0.2, 0.25) is 0 Å². The molecule has 1 rings (SSSR count). The number of hydrogen-bond donors (Lipinski definition) is 1. The van der Waals surface area contributed by atoms with E-state index in [4.69, 9.17) is 11.6 Å². The second-order valence-electron chi connectivity index (χ2n) is 3.47. The molecule has 1 amide bonds. The van der Waals surface area contributed by atoms with Crippen molar-refractivity contribution in [2.24, 2.45) is 0 Å². The van der Waals surface area contributed by atoms with Gasteiger partial charge in [-0.15, -0.1) is 0 Å². The molecule has 10 heteroatoms. The lowest BCUT2D eigenvalue weighted by molar-refractivity contribution is -0.385. The number of thioether (sulfide) groups is 1. The summed E-state index contributed by atoms with van der Waals surface area (Å²) in [5.41, 5.74) is -5.13. The van der Waals surface area contributed by atoms with Crippen LogP contribution in [0, 0.1) is 10.1 Å². The molecule has 0 radical (unpaired) electrons. The van der Waals surface area contributed by atoms with Crippen molar-refractivity contribution in [1.82, 2.24) is 5.32 Å². The summed E-state index contributed by atoms with van der Waals surface area (Å²) >= 11 is 5.29. The van der Waals surface area contributed by atoms with E-state index in [0.717, 1.165) is 12.1 Å². The van der Waals surface area contributed by atoms with E-state index in [2.05, 4.69) is 5.32 Å². The Labute approximate surface area is 120 Å². The molecule has 110 valence electrons. The fourth-order valence-electron chi connectivity index (χ4n) is 1.27. The van der Waals surface area contributed by atoms with Crippen LogP contribution in [0.5, 0.6) is 0 Å². The van der Waals surface area contributed by atoms with Crippen molar-refractivity contribution >= 4 is 35.0 Å². The molecule has 1 N–H and O–H groups in total. The first-order valence-corrected chi connectivity index (χ1v) is 6.50. The van der Waals surface area contributed by atoms with Crippen LogP contribution in [-0.4, -0.2) is 28.6 Å². The molecule has 0 unspecified atom stereocenters. The Morgan fingerprint density at radius 3 is 2.65 bits per heavy atom. The first-order valence-electron chi connectivity index (χ1n) is 5.13. The van der Waals surface area contributed by atoms with Crippen molar-refractivity contribution in [1.29, 1.82) is 0 Å². The highest BCUT2D eigenvalue weighted by Crippen LogP contribution is 2.29. The minimum atomic E-state index is -4.38. The Kier molecular flexibility index (Phi) is 5.63. The zero-order chi connectivity index (χ0) is 15.3. The van der Waals surface area contributed by atoms with Crippen LogP contribution in [0.1, 0.15) is 10.4 Å². The third kappa shape index (κ3) is 5.25. The highest BCUT2D eigenvalue weighted by atomic mass is 35.5. The minimum Gasteiger partial charge on any atom is -0.351 e. The van der Waals surface area contributed by atoms with E-state index in [0.29, 0.717) is 0 Å². The van der Waals surface area contributed by atoms with E-state index in [1.807, 2.05) is 0 Å². The van der Waals surface area contributed by atoms with Crippen LogP contribution in [0.15, 0.2) is 18.2 Å². The van der Waals surface area contributed by atoms with Gasteiger partial charge in [-0.3, -0.25) is 14.9 Å². The van der Waals surface area contributed by atoms with Gasteiger partial charge < -0.3 is 5.32 Å². The molecular weight excluding hydrogens is 321 g/mol. The average Bonchev–Trinajstić information content (AvgIpc) is 2.33. The number of benzene rings is 1. The van der Waals surface area contributed by atoms with Crippen molar-refractivity contribution in [2.75, 3.05) is 12.3 Å². The van der Waals surface area contributed by atoms with Gasteiger partial charge in [0.05, 0.1) is 4.92 Å².